The number of carbonyl (C=O) groups excluding carboxylic acids is 1. The zero-order chi connectivity index (χ0) is 23.6. The number of sulfone groups is 1. The number of aromatic nitrogens is 2. The van der Waals surface area contributed by atoms with Gasteiger partial charge in [0.25, 0.3) is 0 Å². The lowest BCUT2D eigenvalue weighted by Crippen LogP contribution is -2.14. The molecule has 0 spiro atoms. The quantitative estimate of drug-likeness (QED) is 0.530. The lowest BCUT2D eigenvalue weighted by Gasteiger charge is -2.11. The molecule has 4 rings (SSSR count). The SMILES string of the molecule is COc1ccc(-n2nc3c(c2NC(=O)C=Cc2ccc(OC)c(OC)c2)CS(=O)(=O)C3)cc1. The van der Waals surface area contributed by atoms with Gasteiger partial charge in [0.2, 0.25) is 5.91 Å². The zero-order valence-corrected chi connectivity index (χ0v) is 19.2. The topological polar surface area (TPSA) is 109 Å². The van der Waals surface area contributed by atoms with Crippen molar-refractivity contribution < 1.29 is 27.4 Å². The summed E-state index contributed by atoms with van der Waals surface area (Å²) in [5, 5.41) is 7.25. The maximum Gasteiger partial charge on any atom is 0.249 e. The fourth-order valence-corrected chi connectivity index (χ4v) is 5.06. The van der Waals surface area contributed by atoms with Crippen molar-refractivity contribution in [1.29, 1.82) is 0 Å². The van der Waals surface area contributed by atoms with Crippen LogP contribution in [0.15, 0.2) is 48.5 Å². The Morgan fingerprint density at radius 2 is 1.73 bits per heavy atom. The highest BCUT2D eigenvalue weighted by Crippen LogP contribution is 2.33. The van der Waals surface area contributed by atoms with Crippen molar-refractivity contribution in [3.63, 3.8) is 0 Å². The Morgan fingerprint density at radius 1 is 1.00 bits per heavy atom. The summed E-state index contributed by atoms with van der Waals surface area (Å²) in [5.41, 5.74) is 2.34. The molecule has 33 heavy (non-hydrogen) atoms. The average molecular weight is 470 g/mol. The molecule has 0 unspecified atom stereocenters. The first-order chi connectivity index (χ1) is 15.8. The second-order valence-corrected chi connectivity index (χ2v) is 9.42. The predicted molar refractivity (Wildman–Crippen MR) is 124 cm³/mol. The van der Waals surface area contributed by atoms with Gasteiger partial charge in [0.1, 0.15) is 11.6 Å². The average Bonchev–Trinajstić information content (AvgIpc) is 3.29. The summed E-state index contributed by atoms with van der Waals surface area (Å²) < 4.78 is 41.5. The number of hydrogen-bond acceptors (Lipinski definition) is 7. The minimum absolute atomic E-state index is 0.157. The summed E-state index contributed by atoms with van der Waals surface area (Å²) >= 11 is 0. The zero-order valence-electron chi connectivity index (χ0n) is 18.4. The van der Waals surface area contributed by atoms with Crippen molar-refractivity contribution >= 4 is 27.6 Å². The third kappa shape index (κ3) is 4.70. The van der Waals surface area contributed by atoms with E-state index in [4.69, 9.17) is 14.2 Å². The molecule has 1 aromatic heterocycles. The van der Waals surface area contributed by atoms with Gasteiger partial charge in [-0.25, -0.2) is 13.1 Å². The molecule has 2 aromatic carbocycles. The van der Waals surface area contributed by atoms with Crippen LogP contribution in [0.3, 0.4) is 0 Å². The van der Waals surface area contributed by atoms with Crippen LogP contribution in [-0.4, -0.2) is 45.4 Å². The summed E-state index contributed by atoms with van der Waals surface area (Å²) in [5.74, 6) is 1.37. The van der Waals surface area contributed by atoms with Crippen LogP contribution in [0.5, 0.6) is 17.2 Å². The van der Waals surface area contributed by atoms with Gasteiger partial charge in [-0.2, -0.15) is 5.10 Å². The van der Waals surface area contributed by atoms with Crippen LogP contribution in [0, 0.1) is 0 Å². The lowest BCUT2D eigenvalue weighted by molar-refractivity contribution is -0.111. The van der Waals surface area contributed by atoms with E-state index < -0.39 is 15.7 Å². The molecule has 1 aliphatic rings. The van der Waals surface area contributed by atoms with E-state index in [2.05, 4.69) is 10.4 Å². The number of hydrogen-bond donors (Lipinski definition) is 1. The summed E-state index contributed by atoms with van der Waals surface area (Å²) in [6.45, 7) is 0. The van der Waals surface area contributed by atoms with Crippen molar-refractivity contribution in [2.45, 2.75) is 11.5 Å². The van der Waals surface area contributed by atoms with E-state index in [1.165, 1.54) is 13.2 Å². The second kappa shape index (κ2) is 8.99. The summed E-state index contributed by atoms with van der Waals surface area (Å²) in [4.78, 5) is 12.7. The number of rotatable bonds is 7. The monoisotopic (exact) mass is 469 g/mol. The molecule has 0 atom stereocenters. The molecule has 0 fully saturated rings. The van der Waals surface area contributed by atoms with Gasteiger partial charge in [0.15, 0.2) is 21.3 Å². The van der Waals surface area contributed by atoms with E-state index in [-0.39, 0.29) is 11.5 Å². The minimum atomic E-state index is -3.29. The first kappa shape index (κ1) is 22.4. The van der Waals surface area contributed by atoms with Gasteiger partial charge in [-0.15, -0.1) is 0 Å². The Kier molecular flexibility index (Phi) is 6.10. The largest absolute Gasteiger partial charge is 0.497 e. The van der Waals surface area contributed by atoms with Crippen molar-refractivity contribution in [3.05, 3.63) is 65.4 Å². The Bertz CT molecular complexity index is 1330. The molecule has 0 radical (unpaired) electrons. The molecule has 1 N–H and O–H groups in total. The molecule has 2 heterocycles. The molecule has 1 aliphatic heterocycles. The fourth-order valence-electron chi connectivity index (χ4n) is 3.57. The van der Waals surface area contributed by atoms with E-state index in [1.807, 2.05) is 0 Å². The highest BCUT2D eigenvalue weighted by atomic mass is 32.2. The van der Waals surface area contributed by atoms with Gasteiger partial charge in [-0.1, -0.05) is 6.07 Å². The predicted octanol–water partition coefficient (Wildman–Crippen LogP) is 2.98. The number of benzene rings is 2. The molecule has 0 saturated carbocycles. The number of amides is 1. The number of nitrogens with one attached hydrogen (secondary N) is 1. The molecule has 3 aromatic rings. The standard InChI is InChI=1S/C23H23N3O6S/c1-30-17-8-6-16(7-9-17)26-23(18-13-33(28,29)14-19(18)25-26)24-22(27)11-5-15-4-10-20(31-2)21(12-15)32-3/h4-12H,13-14H2,1-3H3,(H,24,27). The molecule has 9 nitrogen and oxygen atoms in total. The smallest absolute Gasteiger partial charge is 0.249 e. The van der Waals surface area contributed by atoms with Crippen LogP contribution in [0.4, 0.5) is 5.82 Å². The van der Waals surface area contributed by atoms with Crippen molar-refractivity contribution in [2.75, 3.05) is 26.6 Å². The summed E-state index contributed by atoms with van der Waals surface area (Å²) in [6, 6.07) is 12.4. The van der Waals surface area contributed by atoms with Crippen molar-refractivity contribution in [3.8, 4) is 22.9 Å². The van der Waals surface area contributed by atoms with Crippen LogP contribution >= 0.6 is 0 Å². The minimum Gasteiger partial charge on any atom is -0.497 e. The molecule has 10 heteroatoms. The normalized spacial score (nSPS) is 14.2. The molecule has 1 amide bonds. The molecule has 0 bridgehead atoms. The number of anilines is 1. The molecule has 0 aliphatic carbocycles. The number of methoxy groups -OCH3 is 3. The van der Waals surface area contributed by atoms with Crippen LogP contribution in [0.2, 0.25) is 0 Å². The number of fused-ring (bicyclic) bond motifs is 1. The Morgan fingerprint density at radius 3 is 2.39 bits per heavy atom. The lowest BCUT2D eigenvalue weighted by atomic mass is 10.2. The maximum atomic E-state index is 12.7. The van der Waals surface area contributed by atoms with Crippen LogP contribution in [-0.2, 0) is 26.1 Å². The third-order valence-electron chi connectivity index (χ3n) is 5.18. The van der Waals surface area contributed by atoms with E-state index in [9.17, 15) is 13.2 Å². The van der Waals surface area contributed by atoms with Crippen LogP contribution < -0.4 is 19.5 Å². The molecule has 172 valence electrons. The number of nitrogens with zero attached hydrogens (tertiary/aromatic N) is 2. The molecular weight excluding hydrogens is 446 g/mol. The van der Waals surface area contributed by atoms with Gasteiger partial charge in [0, 0.05) is 11.6 Å². The Hall–Kier alpha value is -3.79. The highest BCUT2D eigenvalue weighted by molar-refractivity contribution is 7.90. The maximum absolute atomic E-state index is 12.7. The van der Waals surface area contributed by atoms with E-state index in [1.54, 1.807) is 67.4 Å². The van der Waals surface area contributed by atoms with Crippen LogP contribution in [0.25, 0.3) is 11.8 Å². The molecule has 0 saturated heterocycles. The summed E-state index contributed by atoms with van der Waals surface area (Å²) in [7, 11) is 1.36. The van der Waals surface area contributed by atoms with E-state index in [0.29, 0.717) is 40.0 Å². The van der Waals surface area contributed by atoms with Crippen LogP contribution in [0.1, 0.15) is 16.8 Å². The Labute approximate surface area is 191 Å². The number of ether oxygens (including phenoxy) is 3. The fraction of sp³-hybridized carbons (Fsp3) is 0.217. The second-order valence-electron chi connectivity index (χ2n) is 7.35. The Balaban J connectivity index is 1.62. The van der Waals surface area contributed by atoms with Gasteiger partial charge < -0.3 is 19.5 Å². The van der Waals surface area contributed by atoms with Gasteiger partial charge in [-0.3, -0.25) is 4.79 Å². The highest BCUT2D eigenvalue weighted by Gasteiger charge is 2.33. The van der Waals surface area contributed by atoms with Gasteiger partial charge in [-0.05, 0) is 48.0 Å². The van der Waals surface area contributed by atoms with Gasteiger partial charge >= 0.3 is 0 Å². The first-order valence-electron chi connectivity index (χ1n) is 10.00. The molecular formula is C23H23N3O6S. The van der Waals surface area contributed by atoms with Gasteiger partial charge in [0.05, 0.1) is 44.2 Å². The van der Waals surface area contributed by atoms with Crippen molar-refractivity contribution in [1.82, 2.24) is 9.78 Å². The number of carbonyl (C=O) groups is 1. The van der Waals surface area contributed by atoms with E-state index >= 15 is 0 Å². The summed E-state index contributed by atoms with van der Waals surface area (Å²) in [6.07, 6.45) is 2.99. The third-order valence-corrected chi connectivity index (χ3v) is 6.62. The van der Waals surface area contributed by atoms with E-state index in [0.717, 1.165) is 5.56 Å². The first-order valence-corrected chi connectivity index (χ1v) is 11.8. The van der Waals surface area contributed by atoms with Crippen molar-refractivity contribution in [2.24, 2.45) is 0 Å².